The number of hydrogen-bond donors (Lipinski definition) is 2. The van der Waals surface area contributed by atoms with Crippen molar-refractivity contribution in [3.05, 3.63) is 34.3 Å². The molecule has 17 heavy (non-hydrogen) atoms. The molecule has 0 spiro atoms. The topological polar surface area (TPSA) is 49.3 Å². The molecule has 0 aliphatic carbocycles. The molecule has 0 saturated carbocycles. The van der Waals surface area contributed by atoms with Gasteiger partial charge in [-0.25, -0.2) is 8.78 Å². The quantitative estimate of drug-likeness (QED) is 0.873. The van der Waals surface area contributed by atoms with Crippen LogP contribution in [0.25, 0.3) is 0 Å². The second-order valence-electron chi connectivity index (χ2n) is 3.58. The van der Waals surface area contributed by atoms with E-state index in [0.717, 1.165) is 0 Å². The molecule has 6 heteroatoms. The molecule has 1 aromatic rings. The molecular formula is C11H12ClF2NO2. The van der Waals surface area contributed by atoms with Crippen LogP contribution in [0.4, 0.5) is 8.78 Å². The lowest BCUT2D eigenvalue weighted by atomic mass is 10.1. The average Bonchev–Trinajstić information content (AvgIpc) is 2.28. The summed E-state index contributed by atoms with van der Waals surface area (Å²) in [6.07, 6.45) is -4.73. The van der Waals surface area contributed by atoms with Crippen LogP contribution in [0.5, 0.6) is 0 Å². The van der Waals surface area contributed by atoms with Gasteiger partial charge < -0.3 is 10.4 Å². The molecule has 94 valence electrons. The van der Waals surface area contributed by atoms with E-state index in [-0.39, 0.29) is 0 Å². The highest BCUT2D eigenvalue weighted by molar-refractivity contribution is 6.31. The van der Waals surface area contributed by atoms with Crippen molar-refractivity contribution in [1.82, 2.24) is 5.32 Å². The molecular weight excluding hydrogens is 252 g/mol. The highest BCUT2D eigenvalue weighted by Crippen LogP contribution is 2.16. The van der Waals surface area contributed by atoms with Gasteiger partial charge in [0.1, 0.15) is 6.10 Å². The van der Waals surface area contributed by atoms with Gasteiger partial charge in [0.05, 0.1) is 0 Å². The van der Waals surface area contributed by atoms with E-state index < -0.39 is 25.0 Å². The van der Waals surface area contributed by atoms with Crippen LogP contribution >= 0.6 is 11.6 Å². The van der Waals surface area contributed by atoms with E-state index in [0.29, 0.717) is 16.1 Å². The number of amides is 1. The SMILES string of the molecule is Cc1cc(C(=O)NCC(O)C(F)F)ccc1Cl. The molecule has 1 atom stereocenters. The van der Waals surface area contributed by atoms with Gasteiger partial charge in [-0.15, -0.1) is 0 Å². The summed E-state index contributed by atoms with van der Waals surface area (Å²) in [6, 6.07) is 4.58. The lowest BCUT2D eigenvalue weighted by molar-refractivity contribution is -0.00270. The average molecular weight is 264 g/mol. The molecule has 0 saturated heterocycles. The number of aryl methyl sites for hydroxylation is 1. The summed E-state index contributed by atoms with van der Waals surface area (Å²) >= 11 is 5.78. The van der Waals surface area contributed by atoms with E-state index in [2.05, 4.69) is 5.32 Å². The van der Waals surface area contributed by atoms with Crippen molar-refractivity contribution in [2.75, 3.05) is 6.54 Å². The van der Waals surface area contributed by atoms with E-state index in [1.54, 1.807) is 19.1 Å². The van der Waals surface area contributed by atoms with E-state index in [1.165, 1.54) is 6.07 Å². The fourth-order valence-electron chi connectivity index (χ4n) is 1.17. The third-order valence-electron chi connectivity index (χ3n) is 2.18. The molecule has 2 N–H and O–H groups in total. The van der Waals surface area contributed by atoms with Gasteiger partial charge in [0.15, 0.2) is 0 Å². The van der Waals surface area contributed by atoms with Crippen molar-refractivity contribution in [3.8, 4) is 0 Å². The Balaban J connectivity index is 2.61. The van der Waals surface area contributed by atoms with Crippen LogP contribution in [0.3, 0.4) is 0 Å². The van der Waals surface area contributed by atoms with Crippen molar-refractivity contribution < 1.29 is 18.7 Å². The van der Waals surface area contributed by atoms with E-state index in [4.69, 9.17) is 16.7 Å². The Kier molecular flexibility index (Phi) is 4.84. The van der Waals surface area contributed by atoms with Gasteiger partial charge in [0, 0.05) is 17.1 Å². The first-order valence-corrected chi connectivity index (χ1v) is 5.30. The van der Waals surface area contributed by atoms with Crippen LogP contribution < -0.4 is 5.32 Å². The van der Waals surface area contributed by atoms with Gasteiger partial charge in [-0.3, -0.25) is 4.79 Å². The Labute approximate surface area is 102 Å². The zero-order valence-corrected chi connectivity index (χ0v) is 9.84. The summed E-state index contributed by atoms with van der Waals surface area (Å²) in [5.41, 5.74) is 1.03. The third-order valence-corrected chi connectivity index (χ3v) is 2.61. The van der Waals surface area contributed by atoms with Crippen LogP contribution in [0.1, 0.15) is 15.9 Å². The van der Waals surface area contributed by atoms with Crippen molar-refractivity contribution in [2.45, 2.75) is 19.5 Å². The number of aliphatic hydroxyl groups is 1. The van der Waals surface area contributed by atoms with Gasteiger partial charge >= 0.3 is 0 Å². The maximum Gasteiger partial charge on any atom is 0.265 e. The highest BCUT2D eigenvalue weighted by atomic mass is 35.5. The Bertz CT molecular complexity index is 412. The normalized spacial score (nSPS) is 12.6. The number of hydrogen-bond acceptors (Lipinski definition) is 2. The maximum atomic E-state index is 12.0. The van der Waals surface area contributed by atoms with Crippen molar-refractivity contribution in [2.24, 2.45) is 0 Å². The predicted molar refractivity (Wildman–Crippen MR) is 60.5 cm³/mol. The monoisotopic (exact) mass is 263 g/mol. The minimum absolute atomic E-state index is 0.313. The summed E-state index contributed by atoms with van der Waals surface area (Å²) < 4.78 is 24.0. The van der Waals surface area contributed by atoms with E-state index in [1.807, 2.05) is 0 Å². The van der Waals surface area contributed by atoms with Gasteiger partial charge in [-0.1, -0.05) is 11.6 Å². The molecule has 0 aliphatic rings. The van der Waals surface area contributed by atoms with Crippen LogP contribution in [0, 0.1) is 6.92 Å². The minimum atomic E-state index is -2.87. The molecule has 0 heterocycles. The number of halogens is 3. The number of benzene rings is 1. The first-order chi connectivity index (χ1) is 7.91. The Morgan fingerprint density at radius 3 is 2.71 bits per heavy atom. The lowest BCUT2D eigenvalue weighted by Gasteiger charge is -2.11. The van der Waals surface area contributed by atoms with Gasteiger partial charge in [-0.05, 0) is 30.7 Å². The summed E-state index contributed by atoms with van der Waals surface area (Å²) in [7, 11) is 0. The van der Waals surface area contributed by atoms with Crippen molar-refractivity contribution in [3.63, 3.8) is 0 Å². The van der Waals surface area contributed by atoms with Crippen molar-refractivity contribution in [1.29, 1.82) is 0 Å². The largest absolute Gasteiger partial charge is 0.385 e. The molecule has 1 aromatic carbocycles. The number of aliphatic hydroxyl groups excluding tert-OH is 1. The molecule has 0 bridgehead atoms. The van der Waals surface area contributed by atoms with E-state index >= 15 is 0 Å². The second kappa shape index (κ2) is 5.93. The number of rotatable bonds is 4. The van der Waals surface area contributed by atoms with Crippen LogP contribution in [0.15, 0.2) is 18.2 Å². The number of alkyl halides is 2. The molecule has 0 radical (unpaired) electrons. The third kappa shape index (κ3) is 3.94. The van der Waals surface area contributed by atoms with Gasteiger partial charge in [-0.2, -0.15) is 0 Å². The molecule has 3 nitrogen and oxygen atoms in total. The fraction of sp³-hybridized carbons (Fsp3) is 0.364. The smallest absolute Gasteiger partial charge is 0.265 e. The maximum absolute atomic E-state index is 12.0. The minimum Gasteiger partial charge on any atom is -0.385 e. The van der Waals surface area contributed by atoms with Gasteiger partial charge in [0.2, 0.25) is 0 Å². The number of carbonyl (C=O) groups is 1. The molecule has 1 rings (SSSR count). The molecule has 0 aromatic heterocycles. The second-order valence-corrected chi connectivity index (χ2v) is 3.98. The van der Waals surface area contributed by atoms with Gasteiger partial charge in [0.25, 0.3) is 12.3 Å². The molecule has 0 fully saturated rings. The predicted octanol–water partition coefficient (Wildman–Crippen LogP) is 2.00. The summed E-state index contributed by atoms with van der Waals surface area (Å²) in [5.74, 6) is -0.524. The van der Waals surface area contributed by atoms with Crippen LogP contribution in [-0.2, 0) is 0 Å². The standard InChI is InChI=1S/C11H12ClF2NO2/c1-6-4-7(2-3-8(6)12)11(17)15-5-9(16)10(13)14/h2-4,9-10,16H,5H2,1H3,(H,15,17). The molecule has 1 unspecified atom stereocenters. The Hall–Kier alpha value is -1.20. The molecule has 1 amide bonds. The Morgan fingerprint density at radius 2 is 2.18 bits per heavy atom. The summed E-state index contributed by atoms with van der Waals surface area (Å²) in [4.78, 5) is 11.5. The van der Waals surface area contributed by atoms with Crippen molar-refractivity contribution >= 4 is 17.5 Å². The number of carbonyl (C=O) groups excluding carboxylic acids is 1. The fourth-order valence-corrected chi connectivity index (χ4v) is 1.29. The highest BCUT2D eigenvalue weighted by Gasteiger charge is 2.17. The summed E-state index contributed by atoms with van der Waals surface area (Å²) in [6.45, 7) is 1.24. The van der Waals surface area contributed by atoms with E-state index in [9.17, 15) is 13.6 Å². The number of nitrogens with one attached hydrogen (secondary N) is 1. The van der Waals surface area contributed by atoms with Crippen LogP contribution in [0.2, 0.25) is 5.02 Å². The zero-order chi connectivity index (χ0) is 13.0. The lowest BCUT2D eigenvalue weighted by Crippen LogP contribution is -2.35. The Morgan fingerprint density at radius 1 is 1.53 bits per heavy atom. The first-order valence-electron chi connectivity index (χ1n) is 4.92. The zero-order valence-electron chi connectivity index (χ0n) is 9.08. The van der Waals surface area contributed by atoms with Crippen LogP contribution in [-0.4, -0.2) is 30.1 Å². The summed E-state index contributed by atoms with van der Waals surface area (Å²) in [5, 5.41) is 11.6. The first kappa shape index (κ1) is 13.9. The molecule has 0 aliphatic heterocycles.